The first-order valence-corrected chi connectivity index (χ1v) is 8.09. The molecule has 2 saturated heterocycles. The van der Waals surface area contributed by atoms with Gasteiger partial charge < -0.3 is 24.8 Å². The zero-order valence-electron chi connectivity index (χ0n) is 12.1. The molecule has 0 spiro atoms. The maximum atomic E-state index is 12.1. The molecule has 120 valence electrons. The van der Waals surface area contributed by atoms with Gasteiger partial charge in [-0.1, -0.05) is 6.07 Å². The number of ether oxygens (including phenoxy) is 3. The van der Waals surface area contributed by atoms with Gasteiger partial charge in [0.05, 0.1) is 24.1 Å². The summed E-state index contributed by atoms with van der Waals surface area (Å²) in [7, 11) is 0. The minimum absolute atomic E-state index is 0.138. The summed E-state index contributed by atoms with van der Waals surface area (Å²) >= 11 is 1.38. The Morgan fingerprint density at radius 2 is 2.18 bits per heavy atom. The molecular formula is C14H18N2O5S. The van der Waals surface area contributed by atoms with Crippen molar-refractivity contribution < 1.29 is 23.8 Å². The molecule has 3 rings (SSSR count). The largest absolute Gasteiger partial charge is 0.441 e. The Morgan fingerprint density at radius 3 is 2.91 bits per heavy atom. The number of rotatable bonds is 4. The summed E-state index contributed by atoms with van der Waals surface area (Å²) in [4.78, 5) is 24.2. The van der Waals surface area contributed by atoms with Crippen molar-refractivity contribution in [2.75, 3.05) is 19.8 Å². The van der Waals surface area contributed by atoms with E-state index in [4.69, 9.17) is 14.2 Å². The van der Waals surface area contributed by atoms with Crippen molar-refractivity contribution in [2.24, 2.45) is 0 Å². The zero-order valence-corrected chi connectivity index (χ0v) is 12.9. The smallest absolute Gasteiger partial charge is 0.407 e. The maximum absolute atomic E-state index is 12.1. The first kappa shape index (κ1) is 15.3. The lowest BCUT2D eigenvalue weighted by Gasteiger charge is -2.17. The van der Waals surface area contributed by atoms with Crippen LogP contribution in [0.25, 0.3) is 0 Å². The Labute approximate surface area is 131 Å². The fraction of sp³-hybridized carbons (Fsp3) is 0.571. The van der Waals surface area contributed by atoms with Gasteiger partial charge in [0.2, 0.25) is 0 Å². The minimum Gasteiger partial charge on any atom is -0.441 e. The van der Waals surface area contributed by atoms with Crippen molar-refractivity contribution in [1.82, 2.24) is 10.6 Å². The van der Waals surface area contributed by atoms with E-state index in [1.165, 1.54) is 11.3 Å². The van der Waals surface area contributed by atoms with E-state index < -0.39 is 12.2 Å². The second-order valence-electron chi connectivity index (χ2n) is 5.13. The average Bonchev–Trinajstić information content (AvgIpc) is 3.19. The van der Waals surface area contributed by atoms with Crippen LogP contribution in [0.15, 0.2) is 17.5 Å². The molecular weight excluding hydrogens is 308 g/mol. The first-order valence-electron chi connectivity index (χ1n) is 7.21. The molecule has 2 fully saturated rings. The molecule has 8 heteroatoms. The summed E-state index contributed by atoms with van der Waals surface area (Å²) in [6, 6.07) is 3.36. The molecule has 4 atom stereocenters. The monoisotopic (exact) mass is 326 g/mol. The Kier molecular flexibility index (Phi) is 4.60. The predicted molar refractivity (Wildman–Crippen MR) is 79.0 cm³/mol. The van der Waals surface area contributed by atoms with Crippen LogP contribution >= 0.6 is 11.3 Å². The molecule has 1 aromatic rings. The molecule has 0 saturated carbocycles. The van der Waals surface area contributed by atoms with Crippen molar-refractivity contribution in [3.63, 3.8) is 0 Å². The third-order valence-electron chi connectivity index (χ3n) is 3.65. The fourth-order valence-corrected chi connectivity index (χ4v) is 3.29. The molecule has 1 aromatic heterocycles. The highest BCUT2D eigenvalue weighted by atomic mass is 32.1. The van der Waals surface area contributed by atoms with E-state index in [0.717, 1.165) is 0 Å². The molecule has 0 bridgehead atoms. The van der Waals surface area contributed by atoms with Crippen LogP contribution < -0.4 is 10.6 Å². The van der Waals surface area contributed by atoms with Crippen LogP contribution in [0.4, 0.5) is 4.79 Å². The van der Waals surface area contributed by atoms with Crippen molar-refractivity contribution in [1.29, 1.82) is 0 Å². The van der Waals surface area contributed by atoms with Gasteiger partial charge in [-0.05, 0) is 18.4 Å². The van der Waals surface area contributed by atoms with Gasteiger partial charge in [-0.25, -0.2) is 4.79 Å². The molecule has 22 heavy (non-hydrogen) atoms. The normalized spacial score (nSPS) is 29.9. The summed E-state index contributed by atoms with van der Waals surface area (Å²) < 4.78 is 16.6. The molecule has 0 aromatic carbocycles. The van der Waals surface area contributed by atoms with E-state index in [1.54, 1.807) is 6.07 Å². The molecule has 2 aliphatic heterocycles. The third kappa shape index (κ3) is 3.08. The minimum atomic E-state index is -0.480. The summed E-state index contributed by atoms with van der Waals surface area (Å²) in [5, 5.41) is 7.34. The lowest BCUT2D eigenvalue weighted by molar-refractivity contribution is 0.00408. The van der Waals surface area contributed by atoms with Gasteiger partial charge in [0.1, 0.15) is 12.2 Å². The summed E-state index contributed by atoms with van der Waals surface area (Å²) in [6.45, 7) is 2.94. The van der Waals surface area contributed by atoms with Crippen LogP contribution in [-0.2, 0) is 14.2 Å². The van der Waals surface area contributed by atoms with Crippen molar-refractivity contribution >= 4 is 23.3 Å². The average molecular weight is 326 g/mol. The second kappa shape index (κ2) is 6.64. The number of amides is 2. The Balaban J connectivity index is 1.56. The predicted octanol–water partition coefficient (Wildman–Crippen LogP) is 0.759. The Hall–Kier alpha value is -1.64. The van der Waals surface area contributed by atoms with Crippen LogP contribution in [0.1, 0.15) is 16.6 Å². The molecule has 3 heterocycles. The van der Waals surface area contributed by atoms with Crippen LogP contribution in [0.5, 0.6) is 0 Å². The lowest BCUT2D eigenvalue weighted by atomic mass is 10.1. The highest BCUT2D eigenvalue weighted by Crippen LogP contribution is 2.29. The van der Waals surface area contributed by atoms with Crippen LogP contribution in [0.3, 0.4) is 0 Å². The fourth-order valence-electron chi connectivity index (χ4n) is 2.66. The number of hydrogen-bond acceptors (Lipinski definition) is 6. The number of thiophene rings is 1. The van der Waals surface area contributed by atoms with Gasteiger partial charge in [0.15, 0.2) is 6.10 Å². The second-order valence-corrected chi connectivity index (χ2v) is 6.07. The zero-order chi connectivity index (χ0) is 15.5. The van der Waals surface area contributed by atoms with E-state index in [1.807, 2.05) is 18.4 Å². The van der Waals surface area contributed by atoms with E-state index in [2.05, 4.69) is 10.6 Å². The van der Waals surface area contributed by atoms with Crippen molar-refractivity contribution in [3.05, 3.63) is 22.4 Å². The number of fused-ring (bicyclic) bond motifs is 1. The summed E-state index contributed by atoms with van der Waals surface area (Å²) in [5.41, 5.74) is 0. The van der Waals surface area contributed by atoms with E-state index in [-0.39, 0.29) is 30.8 Å². The molecule has 2 N–H and O–H groups in total. The van der Waals surface area contributed by atoms with Gasteiger partial charge in [0.25, 0.3) is 5.91 Å². The van der Waals surface area contributed by atoms with Crippen LogP contribution in [-0.4, -0.2) is 56.1 Å². The lowest BCUT2D eigenvalue weighted by Crippen LogP contribution is -2.44. The number of carbonyl (C=O) groups excluding carboxylic acids is 2. The topological polar surface area (TPSA) is 85.9 Å². The standard InChI is InChI=1S/C14H18N2O5S/c1-2-15-14(18)21-9-7-20-11-8(6-19-12(9)11)16-13(17)10-4-3-5-22-10/h3-5,8-9,11-12H,2,6-7H2,1H3,(H,15,18)(H,16,17)/t8-,9-,11-,12+/m0/s1. The van der Waals surface area contributed by atoms with Gasteiger partial charge in [0, 0.05) is 6.54 Å². The van der Waals surface area contributed by atoms with E-state index >= 15 is 0 Å². The quantitative estimate of drug-likeness (QED) is 0.853. The van der Waals surface area contributed by atoms with E-state index in [9.17, 15) is 9.59 Å². The number of alkyl carbamates (subject to hydrolysis) is 1. The first-order chi connectivity index (χ1) is 10.7. The van der Waals surface area contributed by atoms with Gasteiger partial charge in [-0.2, -0.15) is 0 Å². The molecule has 2 amide bonds. The Morgan fingerprint density at radius 1 is 1.36 bits per heavy atom. The van der Waals surface area contributed by atoms with E-state index in [0.29, 0.717) is 18.0 Å². The number of nitrogens with one attached hydrogen (secondary N) is 2. The van der Waals surface area contributed by atoms with Crippen LogP contribution in [0.2, 0.25) is 0 Å². The molecule has 0 unspecified atom stereocenters. The summed E-state index contributed by atoms with van der Waals surface area (Å²) in [5.74, 6) is -0.138. The molecule has 0 aliphatic carbocycles. The number of hydrogen-bond donors (Lipinski definition) is 2. The SMILES string of the molecule is CCNC(=O)O[C@H]1CO[C@@H]2[C@@H]1OC[C@@H]2NC(=O)c1cccs1. The maximum Gasteiger partial charge on any atom is 0.407 e. The van der Waals surface area contributed by atoms with Gasteiger partial charge in [-0.3, -0.25) is 4.79 Å². The number of carbonyl (C=O) groups is 2. The van der Waals surface area contributed by atoms with Crippen LogP contribution in [0, 0.1) is 0 Å². The van der Waals surface area contributed by atoms with Gasteiger partial charge in [-0.15, -0.1) is 11.3 Å². The third-order valence-corrected chi connectivity index (χ3v) is 4.52. The van der Waals surface area contributed by atoms with Gasteiger partial charge >= 0.3 is 6.09 Å². The molecule has 2 aliphatic rings. The highest BCUT2D eigenvalue weighted by molar-refractivity contribution is 7.12. The molecule has 7 nitrogen and oxygen atoms in total. The summed E-state index contributed by atoms with van der Waals surface area (Å²) in [6.07, 6.45) is -1.55. The van der Waals surface area contributed by atoms with Crippen molar-refractivity contribution in [3.8, 4) is 0 Å². The van der Waals surface area contributed by atoms with Crippen molar-refractivity contribution in [2.45, 2.75) is 31.3 Å². The Bertz CT molecular complexity index is 535. The molecule has 0 radical (unpaired) electrons. The highest BCUT2D eigenvalue weighted by Gasteiger charge is 2.50.